The molecule has 0 aliphatic carbocycles. The Morgan fingerprint density at radius 1 is 1.25 bits per heavy atom. The Kier molecular flexibility index (Phi) is 7.95. The molecule has 4 aromatic rings. The van der Waals surface area contributed by atoms with Crippen molar-refractivity contribution in [2.45, 2.75) is 44.7 Å². The highest BCUT2D eigenvalue weighted by atomic mass is 32.1. The first-order chi connectivity index (χ1) is 19.2. The zero-order chi connectivity index (χ0) is 28.3. The molecule has 2 unspecified atom stereocenters. The van der Waals surface area contributed by atoms with Gasteiger partial charge in [0.25, 0.3) is 5.91 Å². The predicted octanol–water partition coefficient (Wildman–Crippen LogP) is 5.79. The van der Waals surface area contributed by atoms with Crippen LogP contribution in [0.1, 0.15) is 58.0 Å². The summed E-state index contributed by atoms with van der Waals surface area (Å²) < 4.78 is 6.22. The van der Waals surface area contributed by atoms with E-state index in [9.17, 15) is 4.79 Å². The number of carbonyl (C=O) groups is 1. The van der Waals surface area contributed by atoms with Gasteiger partial charge in [-0.15, -0.1) is 11.3 Å². The summed E-state index contributed by atoms with van der Waals surface area (Å²) in [7, 11) is 1.66. The van der Waals surface area contributed by atoms with Gasteiger partial charge in [0.2, 0.25) is 5.90 Å². The fraction of sp³-hybridized carbons (Fsp3) is 0.290. The van der Waals surface area contributed by atoms with Crippen LogP contribution >= 0.6 is 11.3 Å². The minimum atomic E-state index is -0.868. The van der Waals surface area contributed by atoms with Crippen LogP contribution in [0.5, 0.6) is 0 Å². The average Bonchev–Trinajstić information content (AvgIpc) is 3.73. The molecule has 2 aromatic carbocycles. The van der Waals surface area contributed by atoms with E-state index in [1.807, 2.05) is 78.7 Å². The lowest BCUT2D eigenvalue weighted by atomic mass is 9.93. The number of aromatic amines is 1. The SMILES string of the molecule is C=C(OC(=NC)C(C)(N)Cc1ccccc1)c1cc(C(=O)N2CCCC2c2nc(C)cs2)cc(-c2ccn[nH]2)c1. The van der Waals surface area contributed by atoms with Gasteiger partial charge in [-0.05, 0) is 62.9 Å². The summed E-state index contributed by atoms with van der Waals surface area (Å²) in [6.07, 6.45) is 4.05. The fourth-order valence-electron chi connectivity index (χ4n) is 5.13. The zero-order valence-corrected chi connectivity index (χ0v) is 23.9. The van der Waals surface area contributed by atoms with Crippen molar-refractivity contribution in [3.63, 3.8) is 0 Å². The summed E-state index contributed by atoms with van der Waals surface area (Å²) in [5, 5.41) is 10.1. The molecule has 3 N–H and O–H groups in total. The molecule has 40 heavy (non-hydrogen) atoms. The Morgan fingerprint density at radius 3 is 2.70 bits per heavy atom. The number of benzene rings is 2. The third-order valence-electron chi connectivity index (χ3n) is 7.07. The number of H-pyrrole nitrogens is 1. The highest BCUT2D eigenvalue weighted by Crippen LogP contribution is 2.36. The largest absolute Gasteiger partial charge is 0.441 e. The third-order valence-corrected chi connectivity index (χ3v) is 8.14. The van der Waals surface area contributed by atoms with Gasteiger partial charge >= 0.3 is 0 Å². The molecule has 1 aliphatic heterocycles. The van der Waals surface area contributed by atoms with Gasteiger partial charge in [-0.3, -0.25) is 14.9 Å². The standard InChI is InChI=1S/C31H34N6O2S/c1-20-19-40-28(35-20)27-11-8-14-37(27)29(38)25-16-23(15-24(17-25)26-12-13-34-36-26)21(2)39-30(33-4)31(3,32)18-22-9-6-5-7-10-22/h5-7,9-10,12-13,15-17,19,27H,2,8,11,14,18,32H2,1,3-4H3,(H,34,36). The number of ether oxygens (including phenoxy) is 1. The molecule has 3 heterocycles. The van der Waals surface area contributed by atoms with Gasteiger partial charge < -0.3 is 15.4 Å². The van der Waals surface area contributed by atoms with E-state index in [-0.39, 0.29) is 11.9 Å². The topological polar surface area (TPSA) is 109 Å². The molecule has 0 spiro atoms. The second kappa shape index (κ2) is 11.6. The average molecular weight is 555 g/mol. The van der Waals surface area contributed by atoms with Gasteiger partial charge in [-0.25, -0.2) is 4.98 Å². The van der Waals surface area contributed by atoms with Crippen LogP contribution in [0.15, 0.2) is 77.7 Å². The first-order valence-electron chi connectivity index (χ1n) is 13.3. The number of likely N-dealkylation sites (tertiary alicyclic amines) is 1. The van der Waals surface area contributed by atoms with Crippen molar-refractivity contribution >= 4 is 28.9 Å². The Labute approximate surface area is 238 Å². The van der Waals surface area contributed by atoms with E-state index in [1.54, 1.807) is 24.6 Å². The molecule has 0 saturated carbocycles. The van der Waals surface area contributed by atoms with Gasteiger partial charge in [0.05, 0.1) is 17.3 Å². The van der Waals surface area contributed by atoms with E-state index in [4.69, 9.17) is 10.5 Å². The summed E-state index contributed by atoms with van der Waals surface area (Å²) in [4.78, 5) is 24.9. The van der Waals surface area contributed by atoms with Gasteiger partial charge in [0.1, 0.15) is 10.8 Å². The first kappa shape index (κ1) is 27.5. The predicted molar refractivity (Wildman–Crippen MR) is 160 cm³/mol. The van der Waals surface area contributed by atoms with Gasteiger partial charge in [-0.1, -0.05) is 36.9 Å². The third kappa shape index (κ3) is 5.90. The van der Waals surface area contributed by atoms with Crippen LogP contribution in [0.2, 0.25) is 0 Å². The van der Waals surface area contributed by atoms with Crippen LogP contribution in [0.25, 0.3) is 17.0 Å². The van der Waals surface area contributed by atoms with E-state index < -0.39 is 5.54 Å². The summed E-state index contributed by atoms with van der Waals surface area (Å²) in [5.41, 5.74) is 10.7. The number of rotatable bonds is 8. The summed E-state index contributed by atoms with van der Waals surface area (Å²) in [5.74, 6) is 0.664. The van der Waals surface area contributed by atoms with Crippen molar-refractivity contribution in [2.24, 2.45) is 10.7 Å². The number of thiazole rings is 1. The van der Waals surface area contributed by atoms with Crippen molar-refractivity contribution in [3.05, 3.63) is 100 Å². The Morgan fingerprint density at radius 2 is 2.02 bits per heavy atom. The van der Waals surface area contributed by atoms with Crippen LogP contribution < -0.4 is 5.73 Å². The number of carbonyl (C=O) groups excluding carboxylic acids is 1. The minimum absolute atomic E-state index is 0.0281. The molecule has 0 radical (unpaired) electrons. The molecule has 1 amide bonds. The molecule has 206 valence electrons. The molecule has 1 aliphatic rings. The fourth-order valence-corrected chi connectivity index (χ4v) is 6.07. The van der Waals surface area contributed by atoms with Gasteiger partial charge in [0, 0.05) is 47.6 Å². The maximum absolute atomic E-state index is 13.9. The molecular formula is C31H34N6O2S. The summed E-state index contributed by atoms with van der Waals surface area (Å²) >= 11 is 1.61. The molecule has 1 saturated heterocycles. The maximum atomic E-state index is 13.9. The Bertz CT molecular complexity index is 1520. The summed E-state index contributed by atoms with van der Waals surface area (Å²) in [6, 6.07) is 17.5. The molecule has 0 bridgehead atoms. The highest BCUT2D eigenvalue weighted by Gasteiger charge is 2.33. The van der Waals surface area contributed by atoms with Crippen LogP contribution in [-0.4, -0.2) is 51.0 Å². The number of nitrogens with one attached hydrogen (secondary N) is 1. The van der Waals surface area contributed by atoms with E-state index in [0.717, 1.165) is 40.4 Å². The van der Waals surface area contributed by atoms with Crippen molar-refractivity contribution in [1.82, 2.24) is 20.1 Å². The lowest BCUT2D eigenvalue weighted by molar-refractivity contribution is 0.0735. The minimum Gasteiger partial charge on any atom is -0.441 e. The van der Waals surface area contributed by atoms with Crippen molar-refractivity contribution in [1.29, 1.82) is 0 Å². The number of nitrogens with zero attached hydrogens (tertiary/aromatic N) is 4. The number of aromatic nitrogens is 3. The molecule has 2 atom stereocenters. The van der Waals surface area contributed by atoms with E-state index >= 15 is 0 Å². The van der Waals surface area contributed by atoms with E-state index in [0.29, 0.717) is 35.7 Å². The van der Waals surface area contributed by atoms with Crippen LogP contribution in [-0.2, 0) is 11.2 Å². The monoisotopic (exact) mass is 554 g/mol. The summed E-state index contributed by atoms with van der Waals surface area (Å²) in [6.45, 7) is 8.75. The lowest BCUT2D eigenvalue weighted by Crippen LogP contribution is -2.48. The van der Waals surface area contributed by atoms with Crippen molar-refractivity contribution in [3.8, 4) is 11.3 Å². The second-order valence-corrected chi connectivity index (χ2v) is 11.3. The van der Waals surface area contributed by atoms with Crippen molar-refractivity contribution in [2.75, 3.05) is 13.6 Å². The lowest BCUT2D eigenvalue weighted by Gasteiger charge is -2.27. The molecule has 8 nitrogen and oxygen atoms in total. The normalized spacial score (nSPS) is 17.1. The smallest absolute Gasteiger partial charge is 0.254 e. The Hall–Kier alpha value is -4.08. The van der Waals surface area contributed by atoms with E-state index in [1.165, 1.54) is 0 Å². The number of nitrogens with two attached hydrogens (primary N) is 1. The quantitative estimate of drug-likeness (QED) is 0.163. The highest BCUT2D eigenvalue weighted by molar-refractivity contribution is 7.09. The van der Waals surface area contributed by atoms with E-state index in [2.05, 4.69) is 26.8 Å². The number of aliphatic imine (C=N–C) groups is 1. The van der Waals surface area contributed by atoms with Crippen LogP contribution in [0.3, 0.4) is 0 Å². The number of aryl methyl sites for hydroxylation is 1. The van der Waals surface area contributed by atoms with Crippen LogP contribution in [0.4, 0.5) is 0 Å². The number of hydrogen-bond donors (Lipinski definition) is 2. The molecule has 1 fully saturated rings. The first-order valence-corrected chi connectivity index (χ1v) is 14.2. The van der Waals surface area contributed by atoms with Gasteiger partial charge in [-0.2, -0.15) is 5.10 Å². The molecule has 2 aromatic heterocycles. The number of hydrogen-bond acceptors (Lipinski definition) is 7. The molecule has 5 rings (SSSR count). The van der Waals surface area contributed by atoms with Gasteiger partial charge in [0.15, 0.2) is 0 Å². The van der Waals surface area contributed by atoms with Crippen LogP contribution in [0, 0.1) is 6.92 Å². The van der Waals surface area contributed by atoms with Crippen molar-refractivity contribution < 1.29 is 9.53 Å². The molecule has 9 heteroatoms. The Balaban J connectivity index is 1.44. The second-order valence-electron chi connectivity index (χ2n) is 10.4. The number of amides is 1. The molecular weight excluding hydrogens is 520 g/mol. The maximum Gasteiger partial charge on any atom is 0.254 e. The zero-order valence-electron chi connectivity index (χ0n) is 23.1.